The largest absolute Gasteiger partial charge is 0.494 e. The number of hydrogen-bond acceptors (Lipinski definition) is 5. The highest BCUT2D eigenvalue weighted by Gasteiger charge is 2.13. The molecule has 0 bridgehead atoms. The standard InChI is InChI=1S/C25H20N4O2/c1-17-12-19(22-14-26-10-11-27-22)13-20-16-29(25(30)24(17)20)15-18-5-7-21(8-6-18)31-23-4-2-3-9-28-23/h2-14,16,30H,15H2,1H3. The van der Waals surface area contributed by atoms with Crippen molar-refractivity contribution in [2.24, 2.45) is 0 Å². The highest BCUT2D eigenvalue weighted by atomic mass is 16.5. The van der Waals surface area contributed by atoms with Gasteiger partial charge >= 0.3 is 0 Å². The average Bonchev–Trinajstić information content (AvgIpc) is 3.12. The van der Waals surface area contributed by atoms with Gasteiger partial charge in [0, 0.05) is 47.2 Å². The molecule has 2 aromatic carbocycles. The summed E-state index contributed by atoms with van der Waals surface area (Å²) in [5, 5.41) is 12.7. The fourth-order valence-electron chi connectivity index (χ4n) is 3.70. The molecule has 5 aromatic rings. The van der Waals surface area contributed by atoms with Gasteiger partial charge in [0.15, 0.2) is 5.88 Å². The number of rotatable bonds is 5. The molecule has 0 aliphatic rings. The van der Waals surface area contributed by atoms with Gasteiger partial charge in [-0.05, 0) is 48.4 Å². The number of aromatic nitrogens is 4. The summed E-state index contributed by atoms with van der Waals surface area (Å²) in [6.07, 6.45) is 8.74. The molecule has 0 aliphatic carbocycles. The van der Waals surface area contributed by atoms with Crippen LogP contribution in [-0.4, -0.2) is 24.6 Å². The van der Waals surface area contributed by atoms with Crippen molar-refractivity contribution in [3.8, 4) is 28.8 Å². The molecule has 0 saturated carbocycles. The van der Waals surface area contributed by atoms with E-state index in [4.69, 9.17) is 4.74 Å². The summed E-state index contributed by atoms with van der Waals surface area (Å²) >= 11 is 0. The van der Waals surface area contributed by atoms with E-state index in [9.17, 15) is 5.11 Å². The second-order valence-electron chi connectivity index (χ2n) is 7.34. The van der Waals surface area contributed by atoms with Crippen molar-refractivity contribution < 1.29 is 9.84 Å². The number of aryl methyl sites for hydroxylation is 1. The lowest BCUT2D eigenvalue weighted by atomic mass is 10.0. The number of fused-ring (bicyclic) bond motifs is 1. The van der Waals surface area contributed by atoms with Crippen molar-refractivity contribution in [3.05, 3.63) is 96.7 Å². The van der Waals surface area contributed by atoms with Crippen molar-refractivity contribution in [1.82, 2.24) is 19.5 Å². The zero-order chi connectivity index (χ0) is 21.2. The Kier molecular flexibility index (Phi) is 4.80. The third-order valence-electron chi connectivity index (χ3n) is 5.15. The van der Waals surface area contributed by atoms with E-state index in [1.165, 1.54) is 0 Å². The fourth-order valence-corrected chi connectivity index (χ4v) is 3.70. The van der Waals surface area contributed by atoms with Crippen LogP contribution in [-0.2, 0) is 6.54 Å². The minimum absolute atomic E-state index is 0.256. The van der Waals surface area contributed by atoms with Gasteiger partial charge in [0.05, 0.1) is 18.4 Å². The summed E-state index contributed by atoms with van der Waals surface area (Å²) < 4.78 is 7.60. The van der Waals surface area contributed by atoms with Crippen LogP contribution in [0.5, 0.6) is 17.5 Å². The van der Waals surface area contributed by atoms with Crippen LogP contribution in [0.2, 0.25) is 0 Å². The lowest BCUT2D eigenvalue weighted by Crippen LogP contribution is -1.97. The smallest absolute Gasteiger partial charge is 0.219 e. The quantitative estimate of drug-likeness (QED) is 0.424. The molecule has 0 spiro atoms. The van der Waals surface area contributed by atoms with E-state index in [-0.39, 0.29) is 5.88 Å². The molecule has 6 nitrogen and oxygen atoms in total. The lowest BCUT2D eigenvalue weighted by Gasteiger charge is -2.08. The van der Waals surface area contributed by atoms with Crippen molar-refractivity contribution in [2.75, 3.05) is 0 Å². The van der Waals surface area contributed by atoms with Crippen molar-refractivity contribution in [3.63, 3.8) is 0 Å². The maximum absolute atomic E-state index is 10.8. The van der Waals surface area contributed by atoms with Crippen LogP contribution >= 0.6 is 0 Å². The van der Waals surface area contributed by atoms with Crippen LogP contribution in [0.3, 0.4) is 0 Å². The number of hydrogen-bond donors (Lipinski definition) is 1. The molecule has 0 aliphatic heterocycles. The van der Waals surface area contributed by atoms with Gasteiger partial charge in [0.2, 0.25) is 5.88 Å². The number of pyridine rings is 1. The van der Waals surface area contributed by atoms with Crippen molar-refractivity contribution in [1.29, 1.82) is 0 Å². The van der Waals surface area contributed by atoms with E-state index in [1.807, 2.05) is 72.3 Å². The Balaban J connectivity index is 1.41. The Morgan fingerprint density at radius 2 is 1.84 bits per heavy atom. The SMILES string of the molecule is Cc1cc(-c2cnccn2)cc2cn(Cc3ccc(Oc4ccccn4)cc3)c(O)c12. The molecule has 0 unspecified atom stereocenters. The highest BCUT2D eigenvalue weighted by Crippen LogP contribution is 2.34. The minimum atomic E-state index is 0.256. The summed E-state index contributed by atoms with van der Waals surface area (Å²) in [6, 6.07) is 17.4. The van der Waals surface area contributed by atoms with E-state index in [0.29, 0.717) is 18.2 Å². The summed E-state index contributed by atoms with van der Waals surface area (Å²) in [6.45, 7) is 2.54. The van der Waals surface area contributed by atoms with Gasteiger partial charge in [-0.15, -0.1) is 0 Å². The van der Waals surface area contributed by atoms with Gasteiger partial charge in [-0.25, -0.2) is 4.98 Å². The summed E-state index contributed by atoms with van der Waals surface area (Å²) in [7, 11) is 0. The Bertz CT molecular complexity index is 1330. The molecule has 6 heteroatoms. The normalized spacial score (nSPS) is 11.0. The van der Waals surface area contributed by atoms with Crippen molar-refractivity contribution >= 4 is 10.8 Å². The molecule has 31 heavy (non-hydrogen) atoms. The van der Waals surface area contributed by atoms with E-state index >= 15 is 0 Å². The second kappa shape index (κ2) is 7.91. The van der Waals surface area contributed by atoms with Gasteiger partial charge in [-0.2, -0.15) is 0 Å². The summed E-state index contributed by atoms with van der Waals surface area (Å²) in [4.78, 5) is 12.7. The Morgan fingerprint density at radius 3 is 2.58 bits per heavy atom. The van der Waals surface area contributed by atoms with E-state index in [2.05, 4.69) is 15.0 Å². The Labute approximate surface area is 179 Å². The maximum atomic E-state index is 10.8. The molecular formula is C25H20N4O2. The molecule has 0 amide bonds. The van der Waals surface area contributed by atoms with Gasteiger partial charge in [0.1, 0.15) is 5.75 Å². The molecule has 3 heterocycles. The van der Waals surface area contributed by atoms with Crippen LogP contribution < -0.4 is 4.74 Å². The first-order valence-electron chi connectivity index (χ1n) is 9.94. The van der Waals surface area contributed by atoms with Crippen molar-refractivity contribution in [2.45, 2.75) is 13.5 Å². The first kappa shape index (κ1) is 18.8. The number of ether oxygens (including phenoxy) is 1. The van der Waals surface area contributed by atoms with Crippen LogP contribution in [0.25, 0.3) is 22.0 Å². The monoisotopic (exact) mass is 408 g/mol. The van der Waals surface area contributed by atoms with Crippen LogP contribution in [0.15, 0.2) is 85.6 Å². The van der Waals surface area contributed by atoms with Crippen LogP contribution in [0, 0.1) is 6.92 Å². The molecule has 152 valence electrons. The first-order valence-corrected chi connectivity index (χ1v) is 9.94. The molecule has 5 rings (SSSR count). The van der Waals surface area contributed by atoms with Crippen LogP contribution in [0.1, 0.15) is 11.1 Å². The molecule has 0 saturated heterocycles. The lowest BCUT2D eigenvalue weighted by molar-refractivity contribution is 0.430. The zero-order valence-electron chi connectivity index (χ0n) is 16.9. The number of aromatic hydroxyl groups is 1. The highest BCUT2D eigenvalue weighted by molar-refractivity contribution is 5.94. The van der Waals surface area contributed by atoms with Gasteiger partial charge in [0.25, 0.3) is 0 Å². The predicted octanol–water partition coefficient (Wildman–Crippen LogP) is 5.35. The third-order valence-corrected chi connectivity index (χ3v) is 5.15. The van der Waals surface area contributed by atoms with E-state index in [0.717, 1.165) is 33.2 Å². The third kappa shape index (κ3) is 3.83. The first-order chi connectivity index (χ1) is 15.2. The minimum Gasteiger partial charge on any atom is -0.494 e. The average molecular weight is 408 g/mol. The molecule has 1 N–H and O–H groups in total. The van der Waals surface area contributed by atoms with E-state index < -0.39 is 0 Å². The van der Waals surface area contributed by atoms with Gasteiger partial charge in [-0.3, -0.25) is 9.97 Å². The maximum Gasteiger partial charge on any atom is 0.219 e. The molecule has 3 aromatic heterocycles. The number of nitrogens with zero attached hydrogens (tertiary/aromatic N) is 4. The molecule has 0 radical (unpaired) electrons. The second-order valence-corrected chi connectivity index (χ2v) is 7.34. The molecule has 0 fully saturated rings. The molecule has 0 atom stereocenters. The summed E-state index contributed by atoms with van der Waals surface area (Å²) in [5.74, 6) is 1.53. The number of benzene rings is 2. The molecular weight excluding hydrogens is 388 g/mol. The zero-order valence-corrected chi connectivity index (χ0v) is 16.9. The van der Waals surface area contributed by atoms with E-state index in [1.54, 1.807) is 24.8 Å². The van der Waals surface area contributed by atoms with Gasteiger partial charge < -0.3 is 14.4 Å². The van der Waals surface area contributed by atoms with Gasteiger partial charge in [-0.1, -0.05) is 18.2 Å². The Hall–Kier alpha value is -4.19. The topological polar surface area (TPSA) is 73.1 Å². The van der Waals surface area contributed by atoms with Crippen LogP contribution in [0.4, 0.5) is 0 Å². The summed E-state index contributed by atoms with van der Waals surface area (Å²) in [5.41, 5.74) is 3.83. The Morgan fingerprint density at radius 1 is 0.968 bits per heavy atom. The predicted molar refractivity (Wildman–Crippen MR) is 119 cm³/mol. The fraction of sp³-hybridized carbons (Fsp3) is 0.0800.